The van der Waals surface area contributed by atoms with Crippen LogP contribution in [-0.4, -0.2) is 102 Å². The first-order valence-corrected chi connectivity index (χ1v) is 19.5. The van der Waals surface area contributed by atoms with Crippen molar-refractivity contribution in [2.75, 3.05) is 20.1 Å². The van der Waals surface area contributed by atoms with Crippen molar-refractivity contribution in [3.63, 3.8) is 0 Å². The van der Waals surface area contributed by atoms with E-state index in [4.69, 9.17) is 9.47 Å². The molecule has 4 amide bonds. The van der Waals surface area contributed by atoms with Crippen LogP contribution in [0.3, 0.4) is 0 Å². The van der Waals surface area contributed by atoms with E-state index in [1.54, 1.807) is 32.9 Å². The fraction of sp³-hybridized carbons (Fsp3) is 0.622. The fourth-order valence-electron chi connectivity index (χ4n) is 7.40. The van der Waals surface area contributed by atoms with Gasteiger partial charge in [0.15, 0.2) is 5.78 Å². The molecule has 2 heterocycles. The van der Waals surface area contributed by atoms with E-state index in [1.807, 2.05) is 6.92 Å². The summed E-state index contributed by atoms with van der Waals surface area (Å²) in [5.74, 6) is -5.08. The summed E-state index contributed by atoms with van der Waals surface area (Å²) in [5, 5.41) is -0.649. The summed E-state index contributed by atoms with van der Waals surface area (Å²) >= 11 is 0. The molecule has 1 aromatic carbocycles. The van der Waals surface area contributed by atoms with Gasteiger partial charge in [-0.25, -0.2) is 17.6 Å². The van der Waals surface area contributed by atoms with Crippen LogP contribution in [0.1, 0.15) is 83.8 Å². The van der Waals surface area contributed by atoms with Gasteiger partial charge in [-0.3, -0.25) is 33.6 Å². The van der Waals surface area contributed by atoms with E-state index in [9.17, 15) is 41.6 Å². The number of esters is 1. The van der Waals surface area contributed by atoms with Gasteiger partial charge in [-0.1, -0.05) is 32.1 Å². The molecule has 2 aliphatic carbocycles. The summed E-state index contributed by atoms with van der Waals surface area (Å²) in [6, 6.07) is 3.34. The van der Waals surface area contributed by atoms with Crippen LogP contribution in [0.25, 0.3) is 0 Å². The Morgan fingerprint density at radius 2 is 1.85 bits per heavy atom. The lowest BCUT2D eigenvalue weighted by Gasteiger charge is -2.31. The van der Waals surface area contributed by atoms with Crippen molar-refractivity contribution in [1.82, 2.24) is 19.4 Å². The number of carbonyl (C=O) groups is 6. The number of nitrogens with one attached hydrogen (secondary N) is 1. The van der Waals surface area contributed by atoms with E-state index in [-0.39, 0.29) is 51.4 Å². The third-order valence-electron chi connectivity index (χ3n) is 10.5. The largest absolute Gasteiger partial charge is 0.460 e. The molecule has 16 heteroatoms. The van der Waals surface area contributed by atoms with Crippen LogP contribution >= 0.6 is 0 Å². The highest BCUT2D eigenvalue weighted by Crippen LogP contribution is 2.58. The molecule has 1 aromatic rings. The highest BCUT2D eigenvalue weighted by molar-refractivity contribution is 7.90. The van der Waals surface area contributed by atoms with E-state index in [2.05, 4.69) is 11.3 Å². The Bertz CT molecular complexity index is 1790. The minimum atomic E-state index is -3.89. The predicted octanol–water partition coefficient (Wildman–Crippen LogP) is 3.22. The summed E-state index contributed by atoms with van der Waals surface area (Å²) in [6.45, 7) is 9.92. The average molecular weight is 761 g/mol. The van der Waals surface area contributed by atoms with Crippen molar-refractivity contribution < 1.29 is 51.0 Å². The lowest BCUT2D eigenvalue weighted by molar-refractivity contribution is -0.159. The second-order valence-electron chi connectivity index (χ2n) is 15.7. The molecule has 290 valence electrons. The minimum absolute atomic E-state index is 0.0278. The van der Waals surface area contributed by atoms with Gasteiger partial charge in [-0.2, -0.15) is 0 Å². The van der Waals surface area contributed by atoms with Crippen molar-refractivity contribution in [2.24, 2.45) is 17.3 Å². The lowest BCUT2D eigenvalue weighted by Crippen LogP contribution is -2.48. The van der Waals surface area contributed by atoms with Gasteiger partial charge >= 0.3 is 12.1 Å². The van der Waals surface area contributed by atoms with E-state index in [1.165, 1.54) is 27.8 Å². The standard InChI is InChI=1S/C37H49FN4O10S/c1-7-24-16-37(24,34(47)39-53(49,50)26-12-13-26)17-30(43)29-15-25(51-35(48)41-19-22-10-9-11-28(38)27(22)21-41)20-42(29)33(46)23(18-40(6)31(44)8-2)14-32(45)52-36(3,4)5/h8-11,23-26,29H,2,7,12-21H2,1,3-6H3,(H,39,47)/t23-,24+,25+,29-,37+/m0/s1. The van der Waals surface area contributed by atoms with Crippen molar-refractivity contribution >= 4 is 45.6 Å². The minimum Gasteiger partial charge on any atom is -0.460 e. The third kappa shape index (κ3) is 9.07. The zero-order valence-electron chi connectivity index (χ0n) is 30.9. The number of sulfonamides is 1. The van der Waals surface area contributed by atoms with Gasteiger partial charge in [0, 0.05) is 38.5 Å². The van der Waals surface area contributed by atoms with Crippen LogP contribution in [0.2, 0.25) is 0 Å². The highest BCUT2D eigenvalue weighted by atomic mass is 32.2. The summed E-state index contributed by atoms with van der Waals surface area (Å²) in [5.41, 5.74) is -1.18. The Labute approximate surface area is 309 Å². The summed E-state index contributed by atoms with van der Waals surface area (Å²) < 4.78 is 53.3. The third-order valence-corrected chi connectivity index (χ3v) is 12.3. The van der Waals surface area contributed by atoms with Gasteiger partial charge in [-0.05, 0) is 63.7 Å². The van der Waals surface area contributed by atoms with Crippen LogP contribution in [-0.2, 0) is 56.6 Å². The van der Waals surface area contributed by atoms with Gasteiger partial charge < -0.3 is 19.3 Å². The molecule has 4 aliphatic rings. The van der Waals surface area contributed by atoms with Gasteiger partial charge in [0.25, 0.3) is 0 Å². The molecule has 0 unspecified atom stereocenters. The number of fused-ring (bicyclic) bond motifs is 1. The number of ketones is 1. The quantitative estimate of drug-likeness (QED) is 0.219. The first-order valence-electron chi connectivity index (χ1n) is 18.0. The molecule has 0 aromatic heterocycles. The molecule has 2 saturated carbocycles. The molecule has 3 fully saturated rings. The van der Waals surface area contributed by atoms with Gasteiger partial charge in [-0.15, -0.1) is 0 Å². The molecule has 2 aliphatic heterocycles. The number of rotatable bonds is 14. The van der Waals surface area contributed by atoms with Crippen LogP contribution in [0, 0.1) is 23.1 Å². The molecule has 0 radical (unpaired) electrons. The number of likely N-dealkylation sites (tertiary alicyclic amines) is 1. The molecular formula is C37H49FN4O10S. The number of halogens is 1. The van der Waals surface area contributed by atoms with Crippen LogP contribution in [0.4, 0.5) is 9.18 Å². The SMILES string of the molecule is C=CC(=O)N(C)C[C@H](CC(=O)OC(C)(C)C)C(=O)N1C[C@H](OC(=O)N2Cc3cccc(F)c3C2)C[C@H]1C(=O)C[C@]1(C(=O)NS(=O)(=O)C2CC2)C[C@H]1CC. The van der Waals surface area contributed by atoms with E-state index < -0.39 is 92.2 Å². The number of nitrogens with zero attached hydrogens (tertiary/aromatic N) is 3. The molecule has 5 rings (SSSR count). The zero-order valence-corrected chi connectivity index (χ0v) is 31.7. The first kappa shape index (κ1) is 39.9. The van der Waals surface area contributed by atoms with E-state index >= 15 is 0 Å². The van der Waals surface area contributed by atoms with Crippen molar-refractivity contribution in [3.05, 3.63) is 47.8 Å². The van der Waals surface area contributed by atoms with Gasteiger partial charge in [0.1, 0.15) is 17.5 Å². The number of amides is 4. The zero-order chi connectivity index (χ0) is 39.0. The Balaban J connectivity index is 1.40. The molecule has 53 heavy (non-hydrogen) atoms. The second-order valence-corrected chi connectivity index (χ2v) is 17.6. The maximum absolute atomic E-state index is 14.4. The summed E-state index contributed by atoms with van der Waals surface area (Å²) in [7, 11) is -2.46. The van der Waals surface area contributed by atoms with Crippen molar-refractivity contribution in [1.29, 1.82) is 0 Å². The predicted molar refractivity (Wildman–Crippen MR) is 188 cm³/mol. The summed E-state index contributed by atoms with van der Waals surface area (Å²) in [6.07, 6.45) is 0.0339. The average Bonchev–Trinajstić information content (AvgIpc) is 3.97. The molecule has 1 N–H and O–H groups in total. The van der Waals surface area contributed by atoms with E-state index in [0.717, 1.165) is 6.08 Å². The topological polar surface area (TPSA) is 177 Å². The Hall–Kier alpha value is -4.34. The van der Waals surface area contributed by atoms with Crippen LogP contribution < -0.4 is 4.72 Å². The smallest absolute Gasteiger partial charge is 0.410 e. The number of carbonyl (C=O) groups excluding carboxylic acids is 6. The van der Waals surface area contributed by atoms with Crippen molar-refractivity contribution in [2.45, 2.75) is 109 Å². The van der Waals surface area contributed by atoms with Gasteiger partial charge in [0.05, 0.1) is 42.1 Å². The fourth-order valence-corrected chi connectivity index (χ4v) is 8.78. The molecule has 14 nitrogen and oxygen atoms in total. The normalized spacial score (nSPS) is 24.2. The molecule has 1 saturated heterocycles. The number of likely N-dealkylation sites (N-methyl/N-ethyl adjacent to an activating group) is 1. The van der Waals surface area contributed by atoms with Gasteiger partial charge in [0.2, 0.25) is 27.7 Å². The Kier molecular flexibility index (Phi) is 11.4. The Morgan fingerprint density at radius 3 is 2.43 bits per heavy atom. The van der Waals surface area contributed by atoms with Crippen LogP contribution in [0.15, 0.2) is 30.9 Å². The van der Waals surface area contributed by atoms with E-state index in [0.29, 0.717) is 30.4 Å². The van der Waals surface area contributed by atoms with Crippen LogP contribution in [0.5, 0.6) is 0 Å². The number of benzene rings is 1. The lowest BCUT2D eigenvalue weighted by atomic mass is 9.90. The van der Waals surface area contributed by atoms with Crippen molar-refractivity contribution in [3.8, 4) is 0 Å². The number of hydrogen-bond acceptors (Lipinski definition) is 10. The molecular weight excluding hydrogens is 711 g/mol. The number of Topliss-reactive ketones (excluding diaryl/α,β-unsaturated/α-hetero) is 1. The number of ether oxygens (including phenoxy) is 2. The maximum atomic E-state index is 14.4. The molecule has 5 atom stereocenters. The molecule has 0 spiro atoms. The maximum Gasteiger partial charge on any atom is 0.410 e. The first-order chi connectivity index (χ1) is 24.8. The number of hydrogen-bond donors (Lipinski definition) is 1. The summed E-state index contributed by atoms with van der Waals surface area (Å²) in [4.78, 5) is 84.8. The second kappa shape index (κ2) is 15.2. The molecule has 0 bridgehead atoms. The highest BCUT2D eigenvalue weighted by Gasteiger charge is 2.61. The Morgan fingerprint density at radius 1 is 1.15 bits per heavy atom. The monoisotopic (exact) mass is 760 g/mol.